The van der Waals surface area contributed by atoms with Crippen molar-refractivity contribution in [3.05, 3.63) is 58.0 Å². The van der Waals surface area contributed by atoms with Crippen LogP contribution < -0.4 is 19.1 Å². The Labute approximate surface area is 171 Å². The number of nitrogens with zero attached hydrogens (tertiary/aromatic N) is 1. The molecule has 0 bridgehead atoms. The lowest BCUT2D eigenvalue weighted by Crippen LogP contribution is -2.39. The highest BCUT2D eigenvalue weighted by Gasteiger charge is 2.38. The predicted octanol–water partition coefficient (Wildman–Crippen LogP) is 2.84. The number of carbonyl (C=O) groups is 1. The van der Waals surface area contributed by atoms with Gasteiger partial charge in [0.2, 0.25) is 0 Å². The molecule has 154 valence electrons. The van der Waals surface area contributed by atoms with Crippen molar-refractivity contribution >= 4 is 27.2 Å². The van der Waals surface area contributed by atoms with E-state index in [0.29, 0.717) is 28.3 Å². The van der Waals surface area contributed by atoms with Gasteiger partial charge in [-0.05, 0) is 36.6 Å². The van der Waals surface area contributed by atoms with E-state index in [-0.39, 0.29) is 11.4 Å². The zero-order chi connectivity index (χ0) is 21.3. The number of hydrogen-bond acceptors (Lipinski definition) is 5. The molecule has 0 unspecified atom stereocenters. The first-order chi connectivity index (χ1) is 13.7. The number of ether oxygens (including phenoxy) is 2. The third-order valence-electron chi connectivity index (χ3n) is 5.11. The number of amides is 1. The second-order valence-corrected chi connectivity index (χ2v) is 8.67. The summed E-state index contributed by atoms with van der Waals surface area (Å²) in [6, 6.07) is 10.9. The molecule has 0 atom stereocenters. The van der Waals surface area contributed by atoms with Crippen LogP contribution >= 0.6 is 0 Å². The number of nitrogens with one attached hydrogen (secondary N) is 1. The number of anilines is 1. The van der Waals surface area contributed by atoms with Crippen LogP contribution in [-0.4, -0.2) is 35.6 Å². The minimum absolute atomic E-state index is 0.236. The molecule has 0 fully saturated rings. The molecule has 0 spiro atoms. The maximum Gasteiger partial charge on any atom is 0.269 e. The van der Waals surface area contributed by atoms with Crippen molar-refractivity contribution in [3.8, 4) is 11.5 Å². The molecule has 2 aromatic rings. The Kier molecular flexibility index (Phi) is 5.57. The van der Waals surface area contributed by atoms with Crippen LogP contribution in [0.15, 0.2) is 41.3 Å². The topological polar surface area (TPSA) is 84.9 Å². The summed E-state index contributed by atoms with van der Waals surface area (Å²) < 4.78 is 37.9. The molecule has 0 radical (unpaired) electrons. The summed E-state index contributed by atoms with van der Waals surface area (Å²) in [5.74, 6) is 0.226. The van der Waals surface area contributed by atoms with Gasteiger partial charge >= 0.3 is 0 Å². The van der Waals surface area contributed by atoms with Crippen LogP contribution in [0.3, 0.4) is 0 Å². The number of sulfonamides is 1. The van der Waals surface area contributed by atoms with Crippen LogP contribution in [0, 0.1) is 6.92 Å². The Balaban J connectivity index is 2.05. The smallest absolute Gasteiger partial charge is 0.269 e. The number of aryl methyl sites for hydroxylation is 1. The number of benzene rings is 2. The molecule has 2 aromatic carbocycles. The van der Waals surface area contributed by atoms with E-state index in [1.807, 2.05) is 31.2 Å². The molecule has 8 heteroatoms. The lowest BCUT2D eigenvalue weighted by molar-refractivity contribution is -0.117. The second kappa shape index (κ2) is 7.79. The molecular formula is C21H24N2O5S. The minimum atomic E-state index is -4.02. The van der Waals surface area contributed by atoms with Gasteiger partial charge in [-0.3, -0.25) is 9.10 Å². The van der Waals surface area contributed by atoms with Gasteiger partial charge in [-0.25, -0.2) is 8.42 Å². The van der Waals surface area contributed by atoms with E-state index in [2.05, 4.69) is 5.32 Å². The average molecular weight is 416 g/mol. The van der Waals surface area contributed by atoms with Crippen LogP contribution in [0.1, 0.15) is 23.6 Å². The first-order valence-electron chi connectivity index (χ1n) is 9.01. The van der Waals surface area contributed by atoms with Gasteiger partial charge in [-0.2, -0.15) is 0 Å². The maximum absolute atomic E-state index is 13.1. The van der Waals surface area contributed by atoms with Crippen LogP contribution in [0.4, 0.5) is 5.69 Å². The van der Waals surface area contributed by atoms with Crippen molar-refractivity contribution in [2.24, 2.45) is 0 Å². The van der Waals surface area contributed by atoms with Crippen molar-refractivity contribution in [2.45, 2.75) is 20.4 Å². The van der Waals surface area contributed by atoms with Crippen molar-refractivity contribution in [3.63, 3.8) is 0 Å². The van der Waals surface area contributed by atoms with E-state index in [1.165, 1.54) is 21.3 Å². The summed E-state index contributed by atoms with van der Waals surface area (Å²) in [5, 5.41) is 2.74. The second-order valence-electron chi connectivity index (χ2n) is 6.76. The van der Waals surface area contributed by atoms with E-state index >= 15 is 0 Å². The monoisotopic (exact) mass is 416 g/mol. The summed E-state index contributed by atoms with van der Waals surface area (Å²) >= 11 is 0. The molecule has 1 aliphatic heterocycles. The van der Waals surface area contributed by atoms with E-state index in [1.54, 1.807) is 19.1 Å². The number of carbonyl (C=O) groups excluding carboxylic acids is 1. The van der Waals surface area contributed by atoms with Crippen molar-refractivity contribution in [1.82, 2.24) is 5.32 Å². The van der Waals surface area contributed by atoms with Crippen molar-refractivity contribution < 1.29 is 22.7 Å². The first-order valence-corrected chi connectivity index (χ1v) is 10.4. The third-order valence-corrected chi connectivity index (χ3v) is 7.04. The van der Waals surface area contributed by atoms with Crippen LogP contribution in [0.2, 0.25) is 0 Å². The Morgan fingerprint density at radius 1 is 1.07 bits per heavy atom. The molecule has 1 N–H and O–H groups in total. The fourth-order valence-corrected chi connectivity index (χ4v) is 4.85. The van der Waals surface area contributed by atoms with Crippen molar-refractivity contribution in [1.29, 1.82) is 0 Å². The summed E-state index contributed by atoms with van der Waals surface area (Å²) in [6.07, 6.45) is 0. The molecule has 0 saturated carbocycles. The molecular weight excluding hydrogens is 392 g/mol. The van der Waals surface area contributed by atoms with Crippen molar-refractivity contribution in [2.75, 3.05) is 25.6 Å². The Bertz CT molecular complexity index is 1110. The summed E-state index contributed by atoms with van der Waals surface area (Å²) in [4.78, 5) is 12.6. The lowest BCUT2D eigenvalue weighted by Gasteiger charge is -2.30. The molecule has 1 aliphatic rings. The largest absolute Gasteiger partial charge is 0.493 e. The summed E-state index contributed by atoms with van der Waals surface area (Å²) in [6.45, 7) is 3.80. The molecule has 0 aliphatic carbocycles. The van der Waals surface area contributed by atoms with Gasteiger partial charge in [0, 0.05) is 25.2 Å². The van der Waals surface area contributed by atoms with E-state index in [4.69, 9.17) is 9.47 Å². The van der Waals surface area contributed by atoms with Gasteiger partial charge < -0.3 is 14.8 Å². The standard InChI is InChI=1S/C21H24N2O5S/c1-13-8-6-7-9-15(13)12-22-21(24)20-14(2)16-10-18(27-4)19(28-5)11-17(16)23(3)29(20,25)26/h6-11H,12H2,1-5H3,(H,22,24). The Morgan fingerprint density at radius 2 is 1.69 bits per heavy atom. The van der Waals surface area contributed by atoms with Gasteiger partial charge in [0.1, 0.15) is 0 Å². The average Bonchev–Trinajstić information content (AvgIpc) is 2.70. The van der Waals surface area contributed by atoms with E-state index < -0.39 is 15.9 Å². The zero-order valence-corrected chi connectivity index (χ0v) is 17.9. The first kappa shape index (κ1) is 20.7. The highest BCUT2D eigenvalue weighted by atomic mass is 32.2. The highest BCUT2D eigenvalue weighted by Crippen LogP contribution is 2.44. The SMILES string of the molecule is COc1cc2c(cc1OC)N(C)S(=O)(=O)C(C(=O)NCc1ccccc1C)=C2C. The molecule has 1 heterocycles. The van der Waals surface area contributed by atoms with Gasteiger partial charge in [0.05, 0.1) is 19.9 Å². The van der Waals surface area contributed by atoms with Gasteiger partial charge in [-0.15, -0.1) is 0 Å². The summed E-state index contributed by atoms with van der Waals surface area (Å²) in [7, 11) is 0.382. The number of fused-ring (bicyclic) bond motifs is 1. The summed E-state index contributed by atoms with van der Waals surface area (Å²) in [5.41, 5.74) is 3.33. The fourth-order valence-electron chi connectivity index (χ4n) is 3.36. The van der Waals surface area contributed by atoms with Gasteiger partial charge in [0.15, 0.2) is 16.4 Å². The lowest BCUT2D eigenvalue weighted by atomic mass is 10.0. The normalized spacial score (nSPS) is 15.0. The Morgan fingerprint density at radius 3 is 2.31 bits per heavy atom. The quantitative estimate of drug-likeness (QED) is 0.810. The highest BCUT2D eigenvalue weighted by molar-refractivity contribution is 7.97. The number of hydrogen-bond donors (Lipinski definition) is 1. The zero-order valence-electron chi connectivity index (χ0n) is 17.1. The predicted molar refractivity (Wildman–Crippen MR) is 112 cm³/mol. The van der Waals surface area contributed by atoms with Gasteiger partial charge in [0.25, 0.3) is 15.9 Å². The van der Waals surface area contributed by atoms with E-state index in [0.717, 1.165) is 15.4 Å². The number of rotatable bonds is 5. The fraction of sp³-hybridized carbons (Fsp3) is 0.286. The molecule has 7 nitrogen and oxygen atoms in total. The molecule has 3 rings (SSSR count). The maximum atomic E-state index is 13.1. The molecule has 0 aromatic heterocycles. The molecule has 29 heavy (non-hydrogen) atoms. The van der Waals surface area contributed by atoms with E-state index in [9.17, 15) is 13.2 Å². The van der Waals surface area contributed by atoms with Crippen LogP contribution in [-0.2, 0) is 21.4 Å². The van der Waals surface area contributed by atoms with Crippen LogP contribution in [0.25, 0.3) is 5.57 Å². The molecule has 1 amide bonds. The molecule has 0 saturated heterocycles. The third kappa shape index (κ3) is 3.55. The number of allylic oxidation sites excluding steroid dienone is 1. The Hall–Kier alpha value is -3.00. The van der Waals surface area contributed by atoms with Gasteiger partial charge in [-0.1, -0.05) is 24.3 Å². The number of methoxy groups -OCH3 is 2. The minimum Gasteiger partial charge on any atom is -0.493 e. The van der Waals surface area contributed by atoms with Crippen LogP contribution in [0.5, 0.6) is 11.5 Å².